The lowest BCUT2D eigenvalue weighted by atomic mass is 9.99. The average Bonchev–Trinajstić information content (AvgIpc) is 3.00. The van der Waals surface area contributed by atoms with Gasteiger partial charge >= 0.3 is 5.97 Å². The van der Waals surface area contributed by atoms with Crippen LogP contribution in [0.4, 0.5) is 0 Å². The van der Waals surface area contributed by atoms with Crippen molar-refractivity contribution in [1.29, 1.82) is 0 Å². The highest BCUT2D eigenvalue weighted by Crippen LogP contribution is 2.31. The van der Waals surface area contributed by atoms with Gasteiger partial charge < -0.3 is 9.67 Å². The van der Waals surface area contributed by atoms with Crippen molar-refractivity contribution in [3.05, 3.63) is 30.1 Å². The predicted molar refractivity (Wildman–Crippen MR) is 81.0 cm³/mol. The Kier molecular flexibility index (Phi) is 3.45. The van der Waals surface area contributed by atoms with Gasteiger partial charge in [-0.15, -0.1) is 0 Å². The SMILES string of the molecule is CC1CN(C(C)c2nc3ccccc3n2C)CC1C(=O)O. The molecule has 21 heavy (non-hydrogen) atoms. The second-order valence-corrected chi connectivity index (χ2v) is 6.07. The zero-order chi connectivity index (χ0) is 15.1. The number of benzene rings is 1. The van der Waals surface area contributed by atoms with Crippen molar-refractivity contribution in [3.8, 4) is 0 Å². The van der Waals surface area contributed by atoms with Gasteiger partial charge in [0.1, 0.15) is 5.82 Å². The number of nitrogens with zero attached hydrogens (tertiary/aromatic N) is 3. The maximum absolute atomic E-state index is 11.3. The van der Waals surface area contributed by atoms with Crippen LogP contribution in [0.3, 0.4) is 0 Å². The van der Waals surface area contributed by atoms with Crippen LogP contribution < -0.4 is 0 Å². The van der Waals surface area contributed by atoms with E-state index in [0.717, 1.165) is 23.4 Å². The molecular formula is C16H21N3O2. The Morgan fingerprint density at radius 1 is 1.38 bits per heavy atom. The smallest absolute Gasteiger partial charge is 0.308 e. The molecule has 0 amide bonds. The summed E-state index contributed by atoms with van der Waals surface area (Å²) in [6.45, 7) is 5.53. The van der Waals surface area contributed by atoms with Crippen LogP contribution in [0.2, 0.25) is 0 Å². The summed E-state index contributed by atoms with van der Waals surface area (Å²) in [7, 11) is 2.02. The fourth-order valence-corrected chi connectivity index (χ4v) is 3.34. The van der Waals surface area contributed by atoms with E-state index in [-0.39, 0.29) is 17.9 Å². The molecule has 0 radical (unpaired) electrons. The number of rotatable bonds is 3. The monoisotopic (exact) mass is 287 g/mol. The van der Waals surface area contributed by atoms with Crippen molar-refractivity contribution in [1.82, 2.24) is 14.5 Å². The molecule has 3 unspecified atom stereocenters. The molecule has 3 atom stereocenters. The molecule has 5 heteroatoms. The summed E-state index contributed by atoms with van der Waals surface area (Å²) in [5.74, 6) is 0.207. The van der Waals surface area contributed by atoms with Crippen LogP contribution in [0, 0.1) is 11.8 Å². The first kappa shape index (κ1) is 14.1. The molecule has 1 aromatic carbocycles. The fraction of sp³-hybridized carbons (Fsp3) is 0.500. The fourth-order valence-electron chi connectivity index (χ4n) is 3.34. The predicted octanol–water partition coefficient (Wildman–Crippen LogP) is 2.29. The van der Waals surface area contributed by atoms with Crippen molar-refractivity contribution in [3.63, 3.8) is 0 Å². The van der Waals surface area contributed by atoms with E-state index in [2.05, 4.69) is 22.5 Å². The molecule has 112 valence electrons. The average molecular weight is 287 g/mol. The lowest BCUT2D eigenvalue weighted by Gasteiger charge is -2.23. The van der Waals surface area contributed by atoms with E-state index in [9.17, 15) is 9.90 Å². The second kappa shape index (κ2) is 5.15. The van der Waals surface area contributed by atoms with Gasteiger partial charge in [-0.25, -0.2) is 4.98 Å². The summed E-state index contributed by atoms with van der Waals surface area (Å²) >= 11 is 0. The maximum Gasteiger partial charge on any atom is 0.308 e. The van der Waals surface area contributed by atoms with Gasteiger partial charge in [0, 0.05) is 20.1 Å². The highest BCUT2D eigenvalue weighted by atomic mass is 16.4. The quantitative estimate of drug-likeness (QED) is 0.941. The van der Waals surface area contributed by atoms with Crippen molar-refractivity contribution < 1.29 is 9.90 Å². The van der Waals surface area contributed by atoms with E-state index < -0.39 is 5.97 Å². The molecule has 0 saturated carbocycles. The molecule has 3 rings (SSSR count). The number of carboxylic acid groups (broad SMARTS) is 1. The van der Waals surface area contributed by atoms with Crippen LogP contribution in [0.1, 0.15) is 25.7 Å². The number of fused-ring (bicyclic) bond motifs is 1. The molecule has 1 saturated heterocycles. The third kappa shape index (κ3) is 2.31. The first-order chi connectivity index (χ1) is 9.99. The summed E-state index contributed by atoms with van der Waals surface area (Å²) in [5, 5.41) is 9.28. The standard InChI is InChI=1S/C16H21N3O2/c1-10-8-19(9-12(10)16(20)21)11(2)15-17-13-6-4-5-7-14(13)18(15)3/h4-7,10-12H,8-9H2,1-3H3,(H,20,21). The summed E-state index contributed by atoms with van der Waals surface area (Å²) < 4.78 is 2.11. The minimum Gasteiger partial charge on any atom is -0.481 e. The Hall–Kier alpha value is -1.88. The molecule has 0 spiro atoms. The Morgan fingerprint density at radius 3 is 2.71 bits per heavy atom. The lowest BCUT2D eigenvalue weighted by molar-refractivity contribution is -0.142. The van der Waals surface area contributed by atoms with E-state index in [1.807, 2.05) is 32.2 Å². The van der Waals surface area contributed by atoms with Gasteiger partial charge in [-0.3, -0.25) is 9.69 Å². The van der Waals surface area contributed by atoms with Gasteiger partial charge in [-0.05, 0) is 25.0 Å². The van der Waals surface area contributed by atoms with Crippen molar-refractivity contribution >= 4 is 17.0 Å². The summed E-state index contributed by atoms with van der Waals surface area (Å²) in [6, 6.07) is 8.19. The minimum atomic E-state index is -0.692. The topological polar surface area (TPSA) is 58.4 Å². The number of para-hydroxylation sites is 2. The second-order valence-electron chi connectivity index (χ2n) is 6.07. The molecule has 0 bridgehead atoms. The minimum absolute atomic E-state index is 0.120. The third-order valence-corrected chi connectivity index (χ3v) is 4.70. The van der Waals surface area contributed by atoms with E-state index in [1.165, 1.54) is 0 Å². The van der Waals surface area contributed by atoms with E-state index in [4.69, 9.17) is 4.98 Å². The Morgan fingerprint density at radius 2 is 2.10 bits per heavy atom. The molecule has 1 aromatic heterocycles. The van der Waals surface area contributed by atoms with Gasteiger partial charge in [0.15, 0.2) is 0 Å². The Balaban J connectivity index is 1.89. The van der Waals surface area contributed by atoms with Crippen molar-refractivity contribution in [2.75, 3.05) is 13.1 Å². The van der Waals surface area contributed by atoms with Crippen LogP contribution in [-0.2, 0) is 11.8 Å². The number of carboxylic acids is 1. The normalized spacial score (nSPS) is 24.5. The summed E-state index contributed by atoms with van der Waals surface area (Å²) in [6.07, 6.45) is 0. The number of hydrogen-bond donors (Lipinski definition) is 1. The zero-order valence-electron chi connectivity index (χ0n) is 12.7. The molecule has 1 aliphatic rings. The molecular weight excluding hydrogens is 266 g/mol. The van der Waals surface area contributed by atoms with Crippen molar-refractivity contribution in [2.45, 2.75) is 19.9 Å². The number of aromatic nitrogens is 2. The largest absolute Gasteiger partial charge is 0.481 e. The van der Waals surface area contributed by atoms with Crippen LogP contribution in [0.15, 0.2) is 24.3 Å². The van der Waals surface area contributed by atoms with E-state index in [1.54, 1.807) is 0 Å². The van der Waals surface area contributed by atoms with Crippen LogP contribution in [0.25, 0.3) is 11.0 Å². The van der Waals surface area contributed by atoms with Gasteiger partial charge in [0.25, 0.3) is 0 Å². The Labute approximate surface area is 124 Å². The molecule has 2 heterocycles. The molecule has 1 N–H and O–H groups in total. The lowest BCUT2D eigenvalue weighted by Crippen LogP contribution is -2.28. The number of aliphatic carboxylic acids is 1. The summed E-state index contributed by atoms with van der Waals surface area (Å²) in [4.78, 5) is 18.2. The third-order valence-electron chi connectivity index (χ3n) is 4.70. The van der Waals surface area contributed by atoms with Gasteiger partial charge in [-0.2, -0.15) is 0 Å². The zero-order valence-corrected chi connectivity index (χ0v) is 12.7. The Bertz CT molecular complexity index is 679. The maximum atomic E-state index is 11.3. The highest BCUT2D eigenvalue weighted by molar-refractivity contribution is 5.76. The first-order valence-corrected chi connectivity index (χ1v) is 7.37. The molecule has 1 fully saturated rings. The number of likely N-dealkylation sites (tertiary alicyclic amines) is 1. The number of carbonyl (C=O) groups is 1. The molecule has 2 aromatic rings. The van der Waals surface area contributed by atoms with Crippen molar-refractivity contribution in [2.24, 2.45) is 18.9 Å². The van der Waals surface area contributed by atoms with Gasteiger partial charge in [-0.1, -0.05) is 19.1 Å². The van der Waals surface area contributed by atoms with Gasteiger partial charge in [0.2, 0.25) is 0 Å². The van der Waals surface area contributed by atoms with E-state index >= 15 is 0 Å². The first-order valence-electron chi connectivity index (χ1n) is 7.37. The molecule has 5 nitrogen and oxygen atoms in total. The summed E-state index contributed by atoms with van der Waals surface area (Å²) in [5.41, 5.74) is 2.10. The number of hydrogen-bond acceptors (Lipinski definition) is 3. The molecule has 0 aliphatic carbocycles. The highest BCUT2D eigenvalue weighted by Gasteiger charge is 2.37. The van der Waals surface area contributed by atoms with Gasteiger partial charge in [0.05, 0.1) is 23.0 Å². The van der Waals surface area contributed by atoms with Crippen LogP contribution in [0.5, 0.6) is 0 Å². The number of aryl methyl sites for hydroxylation is 1. The molecule has 1 aliphatic heterocycles. The number of imidazole rings is 1. The van der Waals surface area contributed by atoms with Crippen LogP contribution >= 0.6 is 0 Å². The van der Waals surface area contributed by atoms with Crippen LogP contribution in [-0.4, -0.2) is 38.6 Å². The van der Waals surface area contributed by atoms with E-state index in [0.29, 0.717) is 6.54 Å².